The van der Waals surface area contributed by atoms with Crippen molar-refractivity contribution in [1.29, 1.82) is 0 Å². The van der Waals surface area contributed by atoms with E-state index in [1.807, 2.05) is 48.5 Å². The second-order valence-corrected chi connectivity index (χ2v) is 17.7. The topological polar surface area (TPSA) is 3.24 Å². The summed E-state index contributed by atoms with van der Waals surface area (Å²) >= 11 is -3.55. The first kappa shape index (κ1) is 25.2. The van der Waals surface area contributed by atoms with Crippen molar-refractivity contribution in [3.63, 3.8) is 0 Å². The van der Waals surface area contributed by atoms with Gasteiger partial charge in [0.2, 0.25) is 0 Å². The third-order valence-electron chi connectivity index (χ3n) is 5.97. The Morgan fingerprint density at radius 2 is 1.06 bits per heavy atom. The molecule has 1 aliphatic heterocycles. The first-order chi connectivity index (χ1) is 15.7. The Labute approximate surface area is 203 Å². The van der Waals surface area contributed by atoms with Gasteiger partial charge in [0, 0.05) is 0 Å². The van der Waals surface area contributed by atoms with Crippen LogP contribution in [-0.2, 0) is 25.4 Å². The molecule has 1 nitrogen and oxygen atoms in total. The van der Waals surface area contributed by atoms with Crippen molar-refractivity contribution >= 4 is 31.6 Å². The summed E-state index contributed by atoms with van der Waals surface area (Å²) in [5.74, 6) is 0. The summed E-state index contributed by atoms with van der Waals surface area (Å²) < 4.78 is 84.0. The van der Waals surface area contributed by atoms with Gasteiger partial charge in [-0.2, -0.15) is 0 Å². The van der Waals surface area contributed by atoms with E-state index in [1.165, 1.54) is 0 Å². The van der Waals surface area contributed by atoms with Gasteiger partial charge in [0.1, 0.15) is 0 Å². The molecule has 0 amide bonds. The van der Waals surface area contributed by atoms with Crippen molar-refractivity contribution in [2.24, 2.45) is 0 Å². The van der Waals surface area contributed by atoms with E-state index < -0.39 is 45.2 Å². The van der Waals surface area contributed by atoms with Gasteiger partial charge in [-0.1, -0.05) is 0 Å². The molecule has 0 fully saturated rings. The predicted octanol–water partition coefficient (Wildman–Crippen LogP) is 5.35. The average Bonchev–Trinajstić information content (AvgIpc) is 2.72. The van der Waals surface area contributed by atoms with Crippen molar-refractivity contribution < 1.29 is 26.3 Å². The van der Waals surface area contributed by atoms with E-state index >= 15 is 0 Å². The molecule has 0 saturated carbocycles. The summed E-state index contributed by atoms with van der Waals surface area (Å²) in [5, 5.41) is 0. The molecule has 4 rings (SSSR count). The van der Waals surface area contributed by atoms with Crippen LogP contribution >= 0.6 is 0 Å². The third-order valence-corrected chi connectivity index (χ3v) is 16.1. The van der Waals surface area contributed by atoms with Gasteiger partial charge in [0.25, 0.3) is 0 Å². The van der Waals surface area contributed by atoms with E-state index in [0.29, 0.717) is 13.1 Å². The molecule has 0 aromatic heterocycles. The summed E-state index contributed by atoms with van der Waals surface area (Å²) in [4.78, 5) is 2.29. The minimum atomic E-state index is -4.87. The van der Waals surface area contributed by atoms with Crippen LogP contribution in [0.4, 0.5) is 26.3 Å². The van der Waals surface area contributed by atoms with Crippen molar-refractivity contribution in [1.82, 2.24) is 4.90 Å². The third kappa shape index (κ3) is 5.18. The van der Waals surface area contributed by atoms with E-state index in [0.717, 1.165) is 29.8 Å². The number of hydrogen-bond donors (Lipinski definition) is 0. The zero-order valence-electron chi connectivity index (χ0n) is 18.9. The van der Waals surface area contributed by atoms with E-state index in [9.17, 15) is 26.3 Å². The van der Waals surface area contributed by atoms with Crippen LogP contribution in [0.3, 0.4) is 0 Å². The number of alkyl halides is 6. The molecular weight excluding hydrogens is 649 g/mol. The maximum absolute atomic E-state index is 13.7. The normalized spacial score (nSPS) is 15.9. The maximum atomic E-state index is 13.7. The Kier molecular flexibility index (Phi) is 6.62. The second kappa shape index (κ2) is 8.94. The van der Waals surface area contributed by atoms with E-state index in [-0.39, 0.29) is 14.9 Å². The molecule has 1 heterocycles. The number of fused-ring (bicyclic) bond motifs is 2. The number of benzene rings is 3. The van der Waals surface area contributed by atoms with Crippen LogP contribution in [0.2, 0.25) is 0 Å². The van der Waals surface area contributed by atoms with Crippen LogP contribution in [-0.4, -0.2) is 32.2 Å². The second-order valence-electron chi connectivity index (χ2n) is 9.38. The number of nitrogens with zero attached hydrogens (tertiary/aromatic N) is 1. The van der Waals surface area contributed by atoms with Crippen LogP contribution < -0.4 is 9.81 Å². The monoisotopic (exact) mass is 673 g/mol. The molecule has 34 heavy (non-hydrogen) atoms. The number of hydrogen-bond acceptors (Lipinski definition) is 1. The van der Waals surface area contributed by atoms with Crippen molar-refractivity contribution in [2.45, 2.75) is 51.8 Å². The van der Waals surface area contributed by atoms with Gasteiger partial charge < -0.3 is 0 Å². The Morgan fingerprint density at radius 3 is 1.44 bits per heavy atom. The van der Waals surface area contributed by atoms with Crippen LogP contribution in [0.5, 0.6) is 0 Å². The predicted molar refractivity (Wildman–Crippen MR) is 123 cm³/mol. The number of halogens is 6. The summed E-state index contributed by atoms with van der Waals surface area (Å²) in [6, 6.07) is 17.2. The molecule has 1 aliphatic rings. The van der Waals surface area contributed by atoms with E-state index in [4.69, 9.17) is 0 Å². The molecular formula is C26H24BiF6N. The molecule has 0 saturated heterocycles. The zero-order valence-corrected chi connectivity index (χ0v) is 22.4. The first-order valence-electron chi connectivity index (χ1n) is 10.8. The molecule has 0 aliphatic carbocycles. The summed E-state index contributed by atoms with van der Waals surface area (Å²) in [7, 11) is 0. The quantitative estimate of drug-likeness (QED) is 0.249. The first-order valence-corrected chi connectivity index (χ1v) is 16.0. The summed E-state index contributed by atoms with van der Waals surface area (Å²) in [6.07, 6.45) is -9.74. The molecule has 0 bridgehead atoms. The van der Waals surface area contributed by atoms with Crippen molar-refractivity contribution in [3.8, 4) is 0 Å². The SMILES string of the molecule is CC(C)(C)N1Cc2cccc[c]2[Bi]([c]2cc(C(F)(F)F)cc(C(F)(F)F)c2)[c]2ccccc2C1. The van der Waals surface area contributed by atoms with E-state index in [2.05, 4.69) is 25.7 Å². The Hall–Kier alpha value is -1.92. The minimum absolute atomic E-state index is 0.179. The molecule has 0 spiro atoms. The van der Waals surface area contributed by atoms with Crippen LogP contribution in [0.25, 0.3) is 0 Å². The zero-order chi connectivity index (χ0) is 24.9. The Morgan fingerprint density at radius 1 is 0.647 bits per heavy atom. The summed E-state index contributed by atoms with van der Waals surface area (Å²) in [5.41, 5.74) is -0.741. The van der Waals surface area contributed by atoms with Crippen LogP contribution in [0.1, 0.15) is 43.0 Å². The Bertz CT molecular complexity index is 1110. The fourth-order valence-electron chi connectivity index (χ4n) is 4.14. The molecule has 0 N–H and O–H groups in total. The van der Waals surface area contributed by atoms with Gasteiger partial charge in [-0.05, 0) is 0 Å². The molecule has 8 heteroatoms. The van der Waals surface area contributed by atoms with Crippen molar-refractivity contribution in [2.75, 3.05) is 0 Å². The average molecular weight is 673 g/mol. The van der Waals surface area contributed by atoms with Crippen LogP contribution in [0.15, 0.2) is 66.7 Å². The Balaban J connectivity index is 2.02. The molecule has 0 atom stereocenters. The molecule has 3 aromatic carbocycles. The van der Waals surface area contributed by atoms with Gasteiger partial charge in [-0.3, -0.25) is 0 Å². The van der Waals surface area contributed by atoms with Gasteiger partial charge in [-0.25, -0.2) is 0 Å². The van der Waals surface area contributed by atoms with Gasteiger partial charge in [0.05, 0.1) is 0 Å². The van der Waals surface area contributed by atoms with Gasteiger partial charge >= 0.3 is 204 Å². The molecule has 180 valence electrons. The van der Waals surface area contributed by atoms with Crippen LogP contribution in [0, 0.1) is 0 Å². The van der Waals surface area contributed by atoms with Gasteiger partial charge in [0.15, 0.2) is 0 Å². The van der Waals surface area contributed by atoms with Crippen molar-refractivity contribution in [3.05, 3.63) is 89.0 Å². The fraction of sp³-hybridized carbons (Fsp3) is 0.308. The molecule has 3 aromatic rings. The molecule has 0 unspecified atom stereocenters. The standard InChI is InChI=1S/C18H21N.C8H3F6.Bi/c1-18(2,3)19(14-16-10-6-4-7-11-16)15-17-12-8-5-9-13-17;9-7(10,11)5-2-1-3-6(4-5)8(12,13)14;/h4-10,12H,14-15H2,1-3H3;2-4H;. The number of rotatable bonds is 1. The van der Waals surface area contributed by atoms with E-state index in [1.54, 1.807) is 0 Å². The summed E-state index contributed by atoms with van der Waals surface area (Å²) in [6.45, 7) is 7.45. The van der Waals surface area contributed by atoms with Gasteiger partial charge in [-0.15, -0.1) is 0 Å². The molecule has 0 radical (unpaired) electrons. The fourth-order valence-corrected chi connectivity index (χ4v) is 14.6.